The average Bonchev–Trinajstić information content (AvgIpc) is 2.50. The Balaban J connectivity index is 3.28. The van der Waals surface area contributed by atoms with Gasteiger partial charge in [0.15, 0.2) is 0 Å². The van der Waals surface area contributed by atoms with E-state index < -0.39 is 54.5 Å². The molecule has 0 N–H and O–H groups in total. The minimum absolute atomic E-state index is 0.294. The fourth-order valence-corrected chi connectivity index (χ4v) is 2.58. The molecule has 0 unspecified atom stereocenters. The van der Waals surface area contributed by atoms with Gasteiger partial charge >= 0.3 is 157 Å². The number of ether oxygens (including phenoxy) is 5. The Labute approximate surface area is 157 Å². The van der Waals surface area contributed by atoms with Crippen molar-refractivity contribution < 1.29 is 42.9 Å². The van der Waals surface area contributed by atoms with E-state index in [1.165, 1.54) is 6.92 Å². The summed E-state index contributed by atoms with van der Waals surface area (Å²) in [4.78, 5) is 49.5. The van der Waals surface area contributed by atoms with Gasteiger partial charge in [0, 0.05) is 0 Å². The normalized spacial score (nSPS) is 27.5. The molecular formula is C15H19NO9Se. The second-order valence-electron chi connectivity index (χ2n) is 5.31. The molecule has 1 aliphatic rings. The van der Waals surface area contributed by atoms with E-state index in [0.29, 0.717) is 0 Å². The molecule has 0 aromatic carbocycles. The quantitative estimate of drug-likeness (QED) is 0.226. The van der Waals surface area contributed by atoms with Gasteiger partial charge in [-0.3, -0.25) is 0 Å². The number of nitrogens with zero attached hydrogens (tertiary/aromatic N) is 1. The summed E-state index contributed by atoms with van der Waals surface area (Å²) in [5.74, 6) is -2.66. The Morgan fingerprint density at radius 3 is 1.85 bits per heavy atom. The standard InChI is InChI=1S/C15H19NO9Se/c1-7(17)21-5-11-12(22-8(2)18)13(23-9(3)19)14(24-10(4)20)15(25-11)16-6-26/h11-15H,5H2,1-4H3/t11-,12+,13+,14-,15-/m1/s1. The van der Waals surface area contributed by atoms with Gasteiger partial charge in [0.25, 0.3) is 0 Å². The third-order valence-electron chi connectivity index (χ3n) is 3.15. The molecule has 0 aromatic rings. The molecule has 0 saturated carbocycles. The molecule has 1 saturated heterocycles. The van der Waals surface area contributed by atoms with Crippen molar-refractivity contribution in [2.75, 3.05) is 6.61 Å². The molecule has 0 radical (unpaired) electrons. The number of rotatable bonds is 6. The van der Waals surface area contributed by atoms with Gasteiger partial charge in [0.2, 0.25) is 0 Å². The summed E-state index contributed by atoms with van der Waals surface area (Å²) in [6, 6.07) is 0. The van der Waals surface area contributed by atoms with E-state index in [9.17, 15) is 19.2 Å². The molecular weight excluding hydrogens is 417 g/mol. The van der Waals surface area contributed by atoms with Gasteiger partial charge in [-0.05, 0) is 0 Å². The molecule has 26 heavy (non-hydrogen) atoms. The summed E-state index contributed by atoms with van der Waals surface area (Å²) >= 11 is 2.41. The second kappa shape index (κ2) is 10.2. The van der Waals surface area contributed by atoms with Crippen LogP contribution in [0.2, 0.25) is 0 Å². The molecule has 0 bridgehead atoms. The Kier molecular flexibility index (Phi) is 8.60. The van der Waals surface area contributed by atoms with Crippen LogP contribution in [-0.2, 0) is 42.9 Å². The van der Waals surface area contributed by atoms with Crippen LogP contribution in [0.25, 0.3) is 0 Å². The van der Waals surface area contributed by atoms with Crippen LogP contribution in [0.4, 0.5) is 0 Å². The van der Waals surface area contributed by atoms with Crippen LogP contribution in [0.15, 0.2) is 4.99 Å². The Morgan fingerprint density at radius 1 is 0.885 bits per heavy atom. The fraction of sp³-hybridized carbons (Fsp3) is 0.667. The molecule has 0 aromatic heterocycles. The molecule has 10 nitrogen and oxygen atoms in total. The monoisotopic (exact) mass is 437 g/mol. The van der Waals surface area contributed by atoms with E-state index in [2.05, 4.69) is 25.3 Å². The minimum atomic E-state index is -1.23. The number of carbonyl (C=O) groups excluding carboxylic acids is 4. The van der Waals surface area contributed by atoms with Crippen molar-refractivity contribution in [3.05, 3.63) is 0 Å². The zero-order chi connectivity index (χ0) is 19.9. The molecule has 1 rings (SSSR count). The van der Waals surface area contributed by atoms with Crippen molar-refractivity contribution >= 4 is 44.2 Å². The van der Waals surface area contributed by atoms with Crippen molar-refractivity contribution in [3.8, 4) is 0 Å². The van der Waals surface area contributed by atoms with Crippen molar-refractivity contribution in [1.29, 1.82) is 0 Å². The summed E-state index contributed by atoms with van der Waals surface area (Å²) in [6.07, 6.45) is -5.75. The zero-order valence-corrected chi connectivity index (χ0v) is 16.3. The predicted molar refractivity (Wildman–Crippen MR) is 85.1 cm³/mol. The third kappa shape index (κ3) is 6.68. The summed E-state index contributed by atoms with van der Waals surface area (Å²) in [6.45, 7) is 4.34. The first-order valence-corrected chi connectivity index (χ1v) is 8.38. The van der Waals surface area contributed by atoms with Crippen LogP contribution in [0, 0.1) is 0 Å². The summed E-state index contributed by atoms with van der Waals surface area (Å²) < 4.78 is 28.5. The molecule has 0 spiro atoms. The molecule has 144 valence electrons. The van der Waals surface area contributed by atoms with Crippen LogP contribution in [0.3, 0.4) is 0 Å². The molecule has 1 heterocycles. The van der Waals surface area contributed by atoms with Crippen molar-refractivity contribution in [1.82, 2.24) is 0 Å². The number of aliphatic imine (C=N–C) groups is 1. The number of hydrogen-bond donors (Lipinski definition) is 0. The van der Waals surface area contributed by atoms with Gasteiger partial charge in [-0.1, -0.05) is 0 Å². The topological polar surface area (TPSA) is 127 Å². The van der Waals surface area contributed by atoms with Gasteiger partial charge in [-0.15, -0.1) is 0 Å². The van der Waals surface area contributed by atoms with Crippen LogP contribution < -0.4 is 0 Å². The fourth-order valence-electron chi connectivity index (χ4n) is 2.36. The molecule has 5 atom stereocenters. The van der Waals surface area contributed by atoms with Gasteiger partial charge in [-0.25, -0.2) is 0 Å². The van der Waals surface area contributed by atoms with E-state index in [1.54, 1.807) is 0 Å². The molecule has 0 aliphatic carbocycles. The summed E-state index contributed by atoms with van der Waals surface area (Å²) in [7, 11) is 0. The van der Waals surface area contributed by atoms with Crippen molar-refractivity contribution in [3.63, 3.8) is 0 Å². The van der Waals surface area contributed by atoms with E-state index in [0.717, 1.165) is 20.8 Å². The van der Waals surface area contributed by atoms with Crippen molar-refractivity contribution in [2.45, 2.75) is 58.3 Å². The number of esters is 4. The SMILES string of the molecule is CC(=O)OC[C@H]1O[C@@H](N=C=[Se])[C@H](OC(C)=O)[C@@H](OC(C)=O)[C@H]1OC(C)=O. The first-order valence-electron chi connectivity index (χ1n) is 7.53. The summed E-state index contributed by atoms with van der Waals surface area (Å²) in [5.41, 5.74) is 0. The van der Waals surface area contributed by atoms with Gasteiger partial charge < -0.3 is 0 Å². The predicted octanol–water partition coefficient (Wildman–Crippen LogP) is -0.857. The maximum atomic E-state index is 11.5. The second-order valence-corrected chi connectivity index (χ2v) is 5.69. The van der Waals surface area contributed by atoms with Gasteiger partial charge in [0.05, 0.1) is 0 Å². The van der Waals surface area contributed by atoms with Crippen LogP contribution in [-0.4, -0.2) is 81.4 Å². The average molecular weight is 436 g/mol. The van der Waals surface area contributed by atoms with E-state index >= 15 is 0 Å². The van der Waals surface area contributed by atoms with E-state index in [1.807, 2.05) is 0 Å². The Morgan fingerprint density at radius 2 is 1.38 bits per heavy atom. The Bertz CT molecular complexity index is 616. The zero-order valence-electron chi connectivity index (χ0n) is 14.6. The van der Waals surface area contributed by atoms with Gasteiger partial charge in [-0.2, -0.15) is 0 Å². The molecule has 1 aliphatic heterocycles. The van der Waals surface area contributed by atoms with Crippen LogP contribution in [0.5, 0.6) is 0 Å². The molecule has 11 heteroatoms. The Hall–Kier alpha value is -2.06. The van der Waals surface area contributed by atoms with Crippen LogP contribution >= 0.6 is 0 Å². The van der Waals surface area contributed by atoms with E-state index in [4.69, 9.17) is 23.7 Å². The maximum absolute atomic E-state index is 11.5. The van der Waals surface area contributed by atoms with E-state index in [-0.39, 0.29) is 6.61 Å². The first-order chi connectivity index (χ1) is 12.1. The summed E-state index contributed by atoms with van der Waals surface area (Å²) in [5, 5.41) is 0. The number of carbonyl (C=O) groups is 4. The first kappa shape index (κ1) is 22.0. The number of hydrogen-bond acceptors (Lipinski definition) is 10. The van der Waals surface area contributed by atoms with Crippen LogP contribution in [0.1, 0.15) is 27.7 Å². The van der Waals surface area contributed by atoms with Gasteiger partial charge in [0.1, 0.15) is 0 Å². The third-order valence-corrected chi connectivity index (χ3v) is 3.37. The van der Waals surface area contributed by atoms with Crippen molar-refractivity contribution in [2.24, 2.45) is 4.99 Å². The molecule has 0 amide bonds. The molecule has 1 fully saturated rings.